The monoisotopic (exact) mass is 326 g/mol. The molecule has 2 amide bonds. The predicted molar refractivity (Wildman–Crippen MR) is 91.1 cm³/mol. The highest BCUT2D eigenvalue weighted by molar-refractivity contribution is 6.05. The Hall–Kier alpha value is -3.15. The molecule has 0 radical (unpaired) electrons. The fraction of sp³-hybridized carbons (Fsp3) is 0.167. The van der Waals surface area contributed by atoms with Gasteiger partial charge in [-0.05, 0) is 37.3 Å². The minimum absolute atomic E-state index is 0.116. The van der Waals surface area contributed by atoms with Crippen molar-refractivity contribution in [2.75, 3.05) is 10.6 Å². The molecule has 0 aliphatic rings. The standard InChI is InChI=1S/C18H18N2O4/c1-12-5-7-14(8-6-12)20-18(24)13-3-2-4-15(11-13)19-16(21)9-10-17(22)23/h2-8,11H,9-10H2,1H3,(H,19,21)(H,20,24)(H,22,23). The number of hydrogen-bond donors (Lipinski definition) is 3. The maximum atomic E-state index is 12.3. The Morgan fingerprint density at radius 1 is 0.917 bits per heavy atom. The van der Waals surface area contributed by atoms with E-state index in [1.165, 1.54) is 0 Å². The van der Waals surface area contributed by atoms with Crippen molar-refractivity contribution in [2.45, 2.75) is 19.8 Å². The van der Waals surface area contributed by atoms with Gasteiger partial charge in [0.25, 0.3) is 5.91 Å². The van der Waals surface area contributed by atoms with Gasteiger partial charge in [-0.3, -0.25) is 14.4 Å². The molecule has 0 fully saturated rings. The first-order valence-electron chi connectivity index (χ1n) is 7.44. The third kappa shape index (κ3) is 5.24. The second-order valence-corrected chi connectivity index (χ2v) is 5.34. The molecule has 3 N–H and O–H groups in total. The lowest BCUT2D eigenvalue weighted by molar-refractivity contribution is -0.138. The molecular weight excluding hydrogens is 308 g/mol. The topological polar surface area (TPSA) is 95.5 Å². The molecule has 0 atom stereocenters. The fourth-order valence-corrected chi connectivity index (χ4v) is 2.02. The van der Waals surface area contributed by atoms with Crippen molar-refractivity contribution in [1.29, 1.82) is 0 Å². The summed E-state index contributed by atoms with van der Waals surface area (Å²) >= 11 is 0. The Labute approximate surface area is 139 Å². The van der Waals surface area contributed by atoms with Crippen LogP contribution in [-0.4, -0.2) is 22.9 Å². The molecule has 2 rings (SSSR count). The summed E-state index contributed by atoms with van der Waals surface area (Å²) in [6.07, 6.45) is -0.353. The van der Waals surface area contributed by atoms with Crippen LogP contribution in [0.2, 0.25) is 0 Å². The maximum Gasteiger partial charge on any atom is 0.303 e. The lowest BCUT2D eigenvalue weighted by Gasteiger charge is -2.08. The highest BCUT2D eigenvalue weighted by atomic mass is 16.4. The van der Waals surface area contributed by atoms with E-state index in [-0.39, 0.29) is 18.7 Å². The molecule has 6 heteroatoms. The number of rotatable bonds is 6. The van der Waals surface area contributed by atoms with Crippen molar-refractivity contribution in [1.82, 2.24) is 0 Å². The van der Waals surface area contributed by atoms with Crippen LogP contribution in [0.15, 0.2) is 48.5 Å². The van der Waals surface area contributed by atoms with Gasteiger partial charge in [0, 0.05) is 23.4 Å². The Morgan fingerprint density at radius 3 is 2.29 bits per heavy atom. The molecule has 6 nitrogen and oxygen atoms in total. The van der Waals surface area contributed by atoms with Gasteiger partial charge in [0.1, 0.15) is 0 Å². The average molecular weight is 326 g/mol. The van der Waals surface area contributed by atoms with E-state index in [9.17, 15) is 14.4 Å². The van der Waals surface area contributed by atoms with Crippen LogP contribution in [0.5, 0.6) is 0 Å². The van der Waals surface area contributed by atoms with Crippen LogP contribution in [0, 0.1) is 6.92 Å². The van der Waals surface area contributed by atoms with Crippen molar-refractivity contribution >= 4 is 29.2 Å². The molecule has 0 aliphatic carbocycles. The largest absolute Gasteiger partial charge is 0.481 e. The summed E-state index contributed by atoms with van der Waals surface area (Å²) in [5, 5.41) is 13.9. The van der Waals surface area contributed by atoms with Gasteiger partial charge in [0.05, 0.1) is 6.42 Å². The third-order valence-electron chi connectivity index (χ3n) is 3.28. The molecular formula is C18H18N2O4. The van der Waals surface area contributed by atoms with Gasteiger partial charge in [0.15, 0.2) is 0 Å². The number of carbonyl (C=O) groups excluding carboxylic acids is 2. The normalized spacial score (nSPS) is 10.0. The number of hydrogen-bond acceptors (Lipinski definition) is 3. The Morgan fingerprint density at radius 2 is 1.62 bits per heavy atom. The van der Waals surface area contributed by atoms with Crippen molar-refractivity contribution in [3.05, 3.63) is 59.7 Å². The van der Waals surface area contributed by atoms with Gasteiger partial charge in [-0.25, -0.2) is 0 Å². The van der Waals surface area contributed by atoms with Crippen LogP contribution in [0.4, 0.5) is 11.4 Å². The van der Waals surface area contributed by atoms with E-state index >= 15 is 0 Å². The highest BCUT2D eigenvalue weighted by Crippen LogP contribution is 2.14. The first-order valence-corrected chi connectivity index (χ1v) is 7.44. The van der Waals surface area contributed by atoms with Gasteiger partial charge in [0.2, 0.25) is 5.91 Å². The summed E-state index contributed by atoms with van der Waals surface area (Å²) in [5.41, 5.74) is 2.62. The molecule has 0 aromatic heterocycles. The van der Waals surface area contributed by atoms with Gasteiger partial charge in [-0.15, -0.1) is 0 Å². The number of carbonyl (C=O) groups is 3. The van der Waals surface area contributed by atoms with E-state index in [0.717, 1.165) is 5.56 Å². The number of nitrogens with one attached hydrogen (secondary N) is 2. The number of carboxylic acid groups (broad SMARTS) is 1. The Balaban J connectivity index is 2.01. The number of aryl methyl sites for hydroxylation is 1. The van der Waals surface area contributed by atoms with Crippen LogP contribution in [0.25, 0.3) is 0 Å². The lowest BCUT2D eigenvalue weighted by Crippen LogP contribution is -2.15. The van der Waals surface area contributed by atoms with E-state index in [1.54, 1.807) is 24.3 Å². The summed E-state index contributed by atoms with van der Waals surface area (Å²) in [6.45, 7) is 1.96. The Kier molecular flexibility index (Phi) is 5.68. The zero-order valence-electron chi connectivity index (χ0n) is 13.2. The molecule has 2 aromatic carbocycles. The van der Waals surface area contributed by atoms with Gasteiger partial charge in [-0.2, -0.15) is 0 Å². The van der Waals surface area contributed by atoms with Crippen LogP contribution in [-0.2, 0) is 9.59 Å². The van der Waals surface area contributed by atoms with Crippen molar-refractivity contribution in [3.63, 3.8) is 0 Å². The van der Waals surface area contributed by atoms with E-state index in [0.29, 0.717) is 16.9 Å². The van der Waals surface area contributed by atoms with E-state index in [4.69, 9.17) is 5.11 Å². The lowest BCUT2D eigenvalue weighted by atomic mass is 10.1. The van der Waals surface area contributed by atoms with Gasteiger partial charge in [-0.1, -0.05) is 23.8 Å². The van der Waals surface area contributed by atoms with Gasteiger partial charge >= 0.3 is 5.97 Å². The second-order valence-electron chi connectivity index (χ2n) is 5.34. The SMILES string of the molecule is Cc1ccc(NC(=O)c2cccc(NC(=O)CCC(=O)O)c2)cc1. The highest BCUT2D eigenvalue weighted by Gasteiger charge is 2.09. The Bertz CT molecular complexity index is 754. The summed E-state index contributed by atoms with van der Waals surface area (Å²) < 4.78 is 0. The molecule has 0 aliphatic heterocycles. The number of amides is 2. The molecule has 0 saturated carbocycles. The van der Waals surface area contributed by atoms with Crippen LogP contribution >= 0.6 is 0 Å². The maximum absolute atomic E-state index is 12.3. The molecule has 0 spiro atoms. The zero-order chi connectivity index (χ0) is 17.5. The molecule has 2 aromatic rings. The molecule has 124 valence electrons. The molecule has 0 unspecified atom stereocenters. The van der Waals surface area contributed by atoms with Crippen LogP contribution < -0.4 is 10.6 Å². The number of benzene rings is 2. The van der Waals surface area contributed by atoms with Crippen molar-refractivity contribution in [3.8, 4) is 0 Å². The summed E-state index contributed by atoms with van der Waals surface area (Å²) in [5.74, 6) is -1.73. The number of aliphatic carboxylic acids is 1. The molecule has 0 saturated heterocycles. The fourth-order valence-electron chi connectivity index (χ4n) is 2.02. The minimum Gasteiger partial charge on any atom is -0.481 e. The predicted octanol–water partition coefficient (Wildman–Crippen LogP) is 3.05. The van der Waals surface area contributed by atoms with Crippen molar-refractivity contribution in [2.24, 2.45) is 0 Å². The first-order chi connectivity index (χ1) is 11.4. The van der Waals surface area contributed by atoms with Crippen molar-refractivity contribution < 1.29 is 19.5 Å². The molecule has 24 heavy (non-hydrogen) atoms. The first kappa shape index (κ1) is 17.2. The summed E-state index contributed by atoms with van der Waals surface area (Å²) in [4.78, 5) is 34.4. The van der Waals surface area contributed by atoms with E-state index in [1.807, 2.05) is 31.2 Å². The second kappa shape index (κ2) is 7.92. The summed E-state index contributed by atoms with van der Waals surface area (Å²) in [6, 6.07) is 13.9. The molecule has 0 bridgehead atoms. The van der Waals surface area contributed by atoms with E-state index < -0.39 is 11.9 Å². The average Bonchev–Trinajstić information content (AvgIpc) is 2.55. The van der Waals surface area contributed by atoms with Crippen LogP contribution in [0.1, 0.15) is 28.8 Å². The number of anilines is 2. The minimum atomic E-state index is -1.03. The quantitative estimate of drug-likeness (QED) is 0.760. The molecule has 0 heterocycles. The van der Waals surface area contributed by atoms with Gasteiger partial charge < -0.3 is 15.7 Å². The number of carboxylic acids is 1. The van der Waals surface area contributed by atoms with Crippen LogP contribution in [0.3, 0.4) is 0 Å². The van der Waals surface area contributed by atoms with E-state index in [2.05, 4.69) is 10.6 Å². The summed E-state index contributed by atoms with van der Waals surface area (Å²) in [7, 11) is 0. The third-order valence-corrected chi connectivity index (χ3v) is 3.28. The smallest absolute Gasteiger partial charge is 0.303 e. The zero-order valence-corrected chi connectivity index (χ0v) is 13.2.